The van der Waals surface area contributed by atoms with Gasteiger partial charge in [0.1, 0.15) is 12.6 Å². The summed E-state index contributed by atoms with van der Waals surface area (Å²) in [4.78, 5) is 10.1. The van der Waals surface area contributed by atoms with E-state index >= 15 is 0 Å². The molecule has 6 heteroatoms. The van der Waals surface area contributed by atoms with Crippen molar-refractivity contribution >= 4 is 65.1 Å². The van der Waals surface area contributed by atoms with Crippen molar-refractivity contribution in [2.45, 2.75) is 12.5 Å². The van der Waals surface area contributed by atoms with E-state index < -0.39 is 12.1 Å². The summed E-state index contributed by atoms with van der Waals surface area (Å²) in [5, 5.41) is 17.5. The first kappa shape index (κ1) is 19.9. The molecule has 0 radical (unpaired) electrons. The fourth-order valence-electron chi connectivity index (χ4n) is 0.898. The van der Waals surface area contributed by atoms with Crippen molar-refractivity contribution < 1.29 is 19.5 Å². The minimum atomic E-state index is -0.953. The van der Waals surface area contributed by atoms with Crippen LogP contribution in [0.1, 0.15) is 6.42 Å². The zero-order valence-electron chi connectivity index (χ0n) is 7.24. The van der Waals surface area contributed by atoms with Crippen LogP contribution in [-0.2, 0) is 4.79 Å². The van der Waals surface area contributed by atoms with Crippen LogP contribution in [0.4, 0.5) is 0 Å². The van der Waals surface area contributed by atoms with Crippen LogP contribution in [0, 0.1) is 0 Å². The van der Waals surface area contributed by atoms with E-state index in [1.807, 2.05) is 21.1 Å². The normalized spacial score (nSPS) is 12.3. The van der Waals surface area contributed by atoms with Crippen LogP contribution in [0.15, 0.2) is 0 Å². The van der Waals surface area contributed by atoms with Gasteiger partial charge in [-0.25, -0.2) is 0 Å². The van der Waals surface area contributed by atoms with Gasteiger partial charge in [-0.1, -0.05) is 0 Å². The zero-order chi connectivity index (χ0) is 9.07. The molecule has 4 nitrogen and oxygen atoms in total. The van der Waals surface area contributed by atoms with Gasteiger partial charge in [0.05, 0.1) is 27.6 Å². The number of carboxylic acids is 1. The molecule has 0 aliphatic carbocycles. The molecule has 0 unspecified atom stereocenters. The summed E-state index contributed by atoms with van der Waals surface area (Å²) in [6.07, 6.45) is -0.914. The van der Waals surface area contributed by atoms with Gasteiger partial charge in [-0.15, -0.1) is 0 Å². The quantitative estimate of drug-likeness (QED) is 0.426. The molecular weight excluding hydrogens is 192 g/mol. The third kappa shape index (κ3) is 16.1. The second-order valence-corrected chi connectivity index (χ2v) is 3.72. The standard InChI is InChI=1S/C7H15NO3.2Na.2H/c1-8(2,3)5-6(9)4-7(10)11;;;;/h6,9H,4-5H2,1-3H3;;;;/p+1/t6-;;;;/m1..../s1. The molecule has 0 amide bonds. The molecular formula is C7H18NNa2O3+. The molecule has 0 saturated carbocycles. The van der Waals surface area contributed by atoms with Crippen molar-refractivity contribution in [1.82, 2.24) is 0 Å². The Kier molecular flexibility index (Phi) is 13.3. The molecule has 0 rings (SSSR count). The van der Waals surface area contributed by atoms with Crippen LogP contribution in [0.2, 0.25) is 0 Å². The van der Waals surface area contributed by atoms with Crippen LogP contribution in [0.5, 0.6) is 0 Å². The number of aliphatic hydroxyl groups is 1. The predicted octanol–water partition coefficient (Wildman–Crippen LogP) is -1.77. The Morgan fingerprint density at radius 2 is 1.69 bits per heavy atom. The average Bonchev–Trinajstić information content (AvgIpc) is 1.53. The predicted molar refractivity (Wildman–Crippen MR) is 55.5 cm³/mol. The molecule has 0 saturated heterocycles. The number of carbonyl (C=O) groups is 1. The summed E-state index contributed by atoms with van der Waals surface area (Å²) < 4.78 is 0.578. The van der Waals surface area contributed by atoms with Crippen molar-refractivity contribution in [2.75, 3.05) is 27.7 Å². The Morgan fingerprint density at radius 1 is 1.31 bits per heavy atom. The number of aliphatic carboxylic acids is 1. The van der Waals surface area contributed by atoms with E-state index in [0.717, 1.165) is 0 Å². The molecule has 2 N–H and O–H groups in total. The molecule has 0 spiro atoms. The summed E-state index contributed by atoms with van der Waals surface area (Å²) in [5.74, 6) is -0.953. The number of quaternary nitrogens is 1. The van der Waals surface area contributed by atoms with Gasteiger partial charge >= 0.3 is 65.1 Å². The molecule has 0 aliphatic rings. The van der Waals surface area contributed by atoms with Crippen molar-refractivity contribution in [2.24, 2.45) is 0 Å². The molecule has 0 aromatic carbocycles. The summed E-state index contributed by atoms with van der Waals surface area (Å²) in [6, 6.07) is 0. The van der Waals surface area contributed by atoms with E-state index in [4.69, 9.17) is 10.2 Å². The van der Waals surface area contributed by atoms with E-state index in [0.29, 0.717) is 11.0 Å². The number of aliphatic hydroxyl groups excluding tert-OH is 1. The number of hydrogen-bond acceptors (Lipinski definition) is 2. The van der Waals surface area contributed by atoms with E-state index in [1.54, 1.807) is 0 Å². The van der Waals surface area contributed by atoms with Crippen LogP contribution in [0.3, 0.4) is 0 Å². The maximum atomic E-state index is 10.1. The Hall–Kier alpha value is 1.39. The third-order valence-corrected chi connectivity index (χ3v) is 1.17. The zero-order valence-corrected chi connectivity index (χ0v) is 7.24. The van der Waals surface area contributed by atoms with Gasteiger partial charge in [-0.2, -0.15) is 0 Å². The Morgan fingerprint density at radius 3 is 1.92 bits per heavy atom. The number of hydrogen-bond donors (Lipinski definition) is 2. The van der Waals surface area contributed by atoms with Gasteiger partial charge in [-0.05, 0) is 0 Å². The van der Waals surface area contributed by atoms with Crippen LogP contribution < -0.4 is 0 Å². The van der Waals surface area contributed by atoms with Gasteiger partial charge in [0.15, 0.2) is 0 Å². The molecule has 0 aromatic heterocycles. The van der Waals surface area contributed by atoms with E-state index in [1.165, 1.54) is 0 Å². The van der Waals surface area contributed by atoms with Crippen molar-refractivity contribution in [3.05, 3.63) is 0 Å². The number of likely N-dealkylation sites (N-methyl/N-ethyl adjacent to an activating group) is 1. The summed E-state index contributed by atoms with van der Waals surface area (Å²) in [5.41, 5.74) is 0. The first-order valence-electron chi connectivity index (χ1n) is 3.51. The molecule has 0 aliphatic heterocycles. The maximum absolute atomic E-state index is 10.1. The van der Waals surface area contributed by atoms with Crippen molar-refractivity contribution in [1.29, 1.82) is 0 Å². The van der Waals surface area contributed by atoms with E-state index in [-0.39, 0.29) is 65.5 Å². The van der Waals surface area contributed by atoms with Crippen LogP contribution >= 0.6 is 0 Å². The van der Waals surface area contributed by atoms with Crippen LogP contribution in [0.25, 0.3) is 0 Å². The number of rotatable bonds is 4. The third-order valence-electron chi connectivity index (χ3n) is 1.17. The van der Waals surface area contributed by atoms with Crippen molar-refractivity contribution in [3.8, 4) is 0 Å². The molecule has 0 bridgehead atoms. The summed E-state index contributed by atoms with van der Waals surface area (Å²) >= 11 is 0. The van der Waals surface area contributed by atoms with Gasteiger partial charge in [0, 0.05) is 0 Å². The Labute approximate surface area is 123 Å². The molecule has 13 heavy (non-hydrogen) atoms. The monoisotopic (exact) mass is 210 g/mol. The average molecular weight is 210 g/mol. The minimum absolute atomic E-state index is 0. The summed E-state index contributed by atoms with van der Waals surface area (Å²) in [7, 11) is 5.72. The fourth-order valence-corrected chi connectivity index (χ4v) is 0.898. The SMILES string of the molecule is C[N+](C)(C)C[C@H](O)CC(=O)O.[NaH].[NaH]. The van der Waals surface area contributed by atoms with Crippen LogP contribution in [-0.4, -0.2) is 114 Å². The number of nitrogens with zero attached hydrogens (tertiary/aromatic N) is 1. The Bertz CT molecular complexity index is 147. The van der Waals surface area contributed by atoms with E-state index in [2.05, 4.69) is 0 Å². The molecule has 1 atom stereocenters. The molecule has 70 valence electrons. The van der Waals surface area contributed by atoms with Gasteiger partial charge in [0.25, 0.3) is 0 Å². The number of carboxylic acid groups (broad SMARTS) is 1. The Balaban J connectivity index is -0.000000500. The summed E-state index contributed by atoms with van der Waals surface area (Å²) in [6.45, 7) is 0.465. The van der Waals surface area contributed by atoms with Gasteiger partial charge in [-0.3, -0.25) is 4.79 Å². The first-order valence-corrected chi connectivity index (χ1v) is 3.51. The second-order valence-electron chi connectivity index (χ2n) is 3.72. The molecule has 0 heterocycles. The molecule has 0 fully saturated rings. The first-order chi connectivity index (χ1) is 4.81. The fraction of sp³-hybridized carbons (Fsp3) is 0.857. The van der Waals surface area contributed by atoms with Gasteiger partial charge < -0.3 is 14.7 Å². The van der Waals surface area contributed by atoms with Crippen molar-refractivity contribution in [3.63, 3.8) is 0 Å². The van der Waals surface area contributed by atoms with E-state index in [9.17, 15) is 4.79 Å². The topological polar surface area (TPSA) is 57.5 Å². The van der Waals surface area contributed by atoms with Gasteiger partial charge in [0.2, 0.25) is 0 Å². The molecule has 0 aromatic rings. The second kappa shape index (κ2) is 8.68.